The average Bonchev–Trinajstić information content (AvgIpc) is 2.91. The second-order valence-corrected chi connectivity index (χ2v) is 4.47. The summed E-state index contributed by atoms with van der Waals surface area (Å²) in [7, 11) is 0. The highest BCUT2D eigenvalue weighted by atomic mass is 16.2. The molecule has 0 aliphatic carbocycles. The van der Waals surface area contributed by atoms with Crippen molar-refractivity contribution >= 4 is 5.91 Å². The van der Waals surface area contributed by atoms with E-state index >= 15 is 0 Å². The first-order valence-corrected chi connectivity index (χ1v) is 6.07. The van der Waals surface area contributed by atoms with Crippen LogP contribution in [-0.2, 0) is 17.8 Å². The SMILES string of the molecule is O=C(Nn1cccc1)[C@@H]1Cc2ccccc2CN1. The largest absolute Gasteiger partial charge is 0.301 e. The van der Waals surface area contributed by atoms with Gasteiger partial charge in [0.2, 0.25) is 0 Å². The van der Waals surface area contributed by atoms with Crippen LogP contribution in [0.15, 0.2) is 48.8 Å². The van der Waals surface area contributed by atoms with Crippen molar-refractivity contribution in [3.63, 3.8) is 0 Å². The first-order chi connectivity index (χ1) is 8.83. The van der Waals surface area contributed by atoms with Crippen LogP contribution in [0.5, 0.6) is 0 Å². The summed E-state index contributed by atoms with van der Waals surface area (Å²) < 4.78 is 1.67. The average molecular weight is 241 g/mol. The Balaban J connectivity index is 1.70. The van der Waals surface area contributed by atoms with E-state index in [-0.39, 0.29) is 11.9 Å². The zero-order chi connectivity index (χ0) is 12.4. The number of amides is 1. The fourth-order valence-electron chi connectivity index (χ4n) is 2.25. The Morgan fingerprint density at radius 2 is 1.89 bits per heavy atom. The normalized spacial score (nSPS) is 18.1. The molecule has 4 nitrogen and oxygen atoms in total. The molecule has 0 unspecified atom stereocenters. The molecule has 1 aromatic carbocycles. The molecule has 1 aromatic heterocycles. The number of nitrogens with zero attached hydrogens (tertiary/aromatic N) is 1. The van der Waals surface area contributed by atoms with E-state index in [4.69, 9.17) is 0 Å². The van der Waals surface area contributed by atoms with Gasteiger partial charge >= 0.3 is 0 Å². The Kier molecular flexibility index (Phi) is 2.86. The third-order valence-corrected chi connectivity index (χ3v) is 3.24. The zero-order valence-corrected chi connectivity index (χ0v) is 9.97. The molecule has 0 spiro atoms. The van der Waals surface area contributed by atoms with Crippen molar-refractivity contribution in [3.8, 4) is 0 Å². The third-order valence-electron chi connectivity index (χ3n) is 3.24. The van der Waals surface area contributed by atoms with Gasteiger partial charge in [-0.15, -0.1) is 0 Å². The Morgan fingerprint density at radius 3 is 2.67 bits per heavy atom. The van der Waals surface area contributed by atoms with Crippen LogP contribution in [0.25, 0.3) is 0 Å². The highest BCUT2D eigenvalue weighted by Gasteiger charge is 2.23. The van der Waals surface area contributed by atoms with Crippen LogP contribution in [-0.4, -0.2) is 16.6 Å². The third kappa shape index (κ3) is 2.15. The molecule has 0 fully saturated rings. The van der Waals surface area contributed by atoms with E-state index in [1.54, 1.807) is 4.68 Å². The van der Waals surface area contributed by atoms with Crippen molar-refractivity contribution in [1.29, 1.82) is 0 Å². The fraction of sp³-hybridized carbons (Fsp3) is 0.214. The molecule has 92 valence electrons. The van der Waals surface area contributed by atoms with E-state index in [1.807, 2.05) is 36.7 Å². The molecule has 1 atom stereocenters. The number of hydrogen-bond donors (Lipinski definition) is 2. The topological polar surface area (TPSA) is 46.1 Å². The van der Waals surface area contributed by atoms with Gasteiger partial charge in [0.05, 0.1) is 6.04 Å². The van der Waals surface area contributed by atoms with Crippen LogP contribution in [0, 0.1) is 0 Å². The molecular formula is C14H15N3O. The van der Waals surface area contributed by atoms with Crippen molar-refractivity contribution < 1.29 is 4.79 Å². The number of benzene rings is 1. The van der Waals surface area contributed by atoms with E-state index in [0.29, 0.717) is 0 Å². The first-order valence-electron chi connectivity index (χ1n) is 6.07. The lowest BCUT2D eigenvalue weighted by atomic mass is 9.96. The number of aromatic nitrogens is 1. The number of rotatable bonds is 2. The van der Waals surface area contributed by atoms with Crippen LogP contribution in [0.4, 0.5) is 0 Å². The highest BCUT2D eigenvalue weighted by molar-refractivity contribution is 5.89. The molecule has 4 heteroatoms. The minimum Gasteiger partial charge on any atom is -0.301 e. The minimum absolute atomic E-state index is 0.000651. The van der Waals surface area contributed by atoms with Crippen LogP contribution in [0.3, 0.4) is 0 Å². The van der Waals surface area contributed by atoms with Crippen LogP contribution >= 0.6 is 0 Å². The molecule has 2 heterocycles. The molecule has 18 heavy (non-hydrogen) atoms. The van der Waals surface area contributed by atoms with Crippen LogP contribution < -0.4 is 10.7 Å². The van der Waals surface area contributed by atoms with Gasteiger partial charge in [0, 0.05) is 18.9 Å². The van der Waals surface area contributed by atoms with E-state index in [1.165, 1.54) is 11.1 Å². The van der Waals surface area contributed by atoms with Crippen molar-refractivity contribution in [1.82, 2.24) is 9.99 Å². The van der Waals surface area contributed by atoms with Crippen LogP contribution in [0.2, 0.25) is 0 Å². The standard InChI is InChI=1S/C14H15N3O/c18-14(16-17-7-3-4-8-17)13-9-11-5-1-2-6-12(11)10-15-13/h1-8,13,15H,9-10H2,(H,16,18)/t13-/m0/s1. The lowest BCUT2D eigenvalue weighted by Crippen LogP contribution is -2.46. The summed E-state index contributed by atoms with van der Waals surface area (Å²) in [4.78, 5) is 12.1. The summed E-state index contributed by atoms with van der Waals surface area (Å²) in [6.07, 6.45) is 4.37. The Labute approximate surface area is 106 Å². The molecule has 0 radical (unpaired) electrons. The summed E-state index contributed by atoms with van der Waals surface area (Å²) >= 11 is 0. The van der Waals surface area contributed by atoms with Crippen LogP contribution in [0.1, 0.15) is 11.1 Å². The second-order valence-electron chi connectivity index (χ2n) is 4.47. The van der Waals surface area contributed by atoms with Gasteiger partial charge in [0.1, 0.15) is 0 Å². The molecule has 1 aliphatic rings. The fourth-order valence-corrected chi connectivity index (χ4v) is 2.25. The van der Waals surface area contributed by atoms with E-state index < -0.39 is 0 Å². The maximum Gasteiger partial charge on any atom is 0.256 e. The number of fused-ring (bicyclic) bond motifs is 1. The maximum atomic E-state index is 12.1. The number of hydrogen-bond acceptors (Lipinski definition) is 2. The summed E-state index contributed by atoms with van der Waals surface area (Å²) in [5.41, 5.74) is 5.37. The van der Waals surface area contributed by atoms with Gasteiger partial charge in [-0.05, 0) is 29.7 Å². The lowest BCUT2D eigenvalue weighted by Gasteiger charge is -2.25. The van der Waals surface area contributed by atoms with Gasteiger partial charge in [-0.2, -0.15) is 0 Å². The van der Waals surface area contributed by atoms with E-state index in [2.05, 4.69) is 22.9 Å². The number of carbonyl (C=O) groups excluding carboxylic acids is 1. The van der Waals surface area contributed by atoms with Crippen molar-refractivity contribution in [3.05, 3.63) is 59.9 Å². The van der Waals surface area contributed by atoms with Gasteiger partial charge in [-0.25, -0.2) is 0 Å². The lowest BCUT2D eigenvalue weighted by molar-refractivity contribution is -0.119. The smallest absolute Gasteiger partial charge is 0.256 e. The summed E-state index contributed by atoms with van der Waals surface area (Å²) in [5, 5.41) is 3.26. The molecule has 3 rings (SSSR count). The number of carbonyl (C=O) groups is 1. The quantitative estimate of drug-likeness (QED) is 0.831. The monoisotopic (exact) mass is 241 g/mol. The molecule has 1 amide bonds. The Bertz CT molecular complexity index is 548. The van der Waals surface area contributed by atoms with Crippen molar-refractivity contribution in [2.24, 2.45) is 0 Å². The van der Waals surface area contributed by atoms with Gasteiger partial charge in [0.25, 0.3) is 5.91 Å². The minimum atomic E-state index is -0.165. The summed E-state index contributed by atoms with van der Waals surface area (Å²) in [6, 6.07) is 11.8. The van der Waals surface area contributed by atoms with Gasteiger partial charge in [-0.3, -0.25) is 14.9 Å². The molecule has 2 N–H and O–H groups in total. The molecule has 0 saturated heterocycles. The maximum absolute atomic E-state index is 12.1. The Hall–Kier alpha value is -2.07. The van der Waals surface area contributed by atoms with Gasteiger partial charge < -0.3 is 5.32 Å². The molecule has 2 aromatic rings. The summed E-state index contributed by atoms with van der Waals surface area (Å²) in [6.45, 7) is 0.750. The highest BCUT2D eigenvalue weighted by Crippen LogP contribution is 2.16. The molecular weight excluding hydrogens is 226 g/mol. The first kappa shape index (κ1) is 11.0. The van der Waals surface area contributed by atoms with Crippen molar-refractivity contribution in [2.75, 3.05) is 5.43 Å². The summed E-state index contributed by atoms with van der Waals surface area (Å²) in [5.74, 6) is 0.000651. The predicted molar refractivity (Wildman–Crippen MR) is 69.6 cm³/mol. The van der Waals surface area contributed by atoms with E-state index in [0.717, 1.165) is 13.0 Å². The van der Waals surface area contributed by atoms with Gasteiger partial charge in [0.15, 0.2) is 0 Å². The Morgan fingerprint density at radius 1 is 1.17 bits per heavy atom. The van der Waals surface area contributed by atoms with Gasteiger partial charge in [-0.1, -0.05) is 24.3 Å². The molecule has 0 bridgehead atoms. The van der Waals surface area contributed by atoms with Crippen molar-refractivity contribution in [2.45, 2.75) is 19.0 Å². The molecule has 0 saturated carbocycles. The predicted octanol–water partition coefficient (Wildman–Crippen LogP) is 1.27. The second kappa shape index (κ2) is 4.66. The zero-order valence-electron chi connectivity index (χ0n) is 9.97. The number of nitrogens with one attached hydrogen (secondary N) is 2. The molecule has 1 aliphatic heterocycles. The van der Waals surface area contributed by atoms with E-state index in [9.17, 15) is 4.79 Å².